The van der Waals surface area contributed by atoms with E-state index < -0.39 is 97.5 Å². The highest BCUT2D eigenvalue weighted by Gasteiger charge is 2.31. The van der Waals surface area contributed by atoms with Gasteiger partial charge in [-0.25, -0.2) is 9.13 Å². The summed E-state index contributed by atoms with van der Waals surface area (Å²) in [5, 5.41) is 10.7. The smallest absolute Gasteiger partial charge is 0.462 e. The lowest BCUT2D eigenvalue weighted by Gasteiger charge is -2.21. The van der Waals surface area contributed by atoms with Gasteiger partial charge in [0.2, 0.25) is 0 Å². The van der Waals surface area contributed by atoms with Crippen LogP contribution in [0.4, 0.5) is 0 Å². The van der Waals surface area contributed by atoms with Gasteiger partial charge < -0.3 is 33.8 Å². The molecule has 0 aromatic carbocycles. The Morgan fingerprint density at radius 2 is 0.426 bits per heavy atom. The maximum atomic E-state index is 13.2. The van der Waals surface area contributed by atoms with Gasteiger partial charge >= 0.3 is 39.5 Å². The van der Waals surface area contributed by atoms with Crippen LogP contribution in [0.15, 0.2) is 0 Å². The Hall–Kier alpha value is -1.94. The van der Waals surface area contributed by atoms with Crippen LogP contribution in [-0.4, -0.2) is 96.7 Å². The quantitative estimate of drug-likeness (QED) is 0.0222. The van der Waals surface area contributed by atoms with Crippen molar-refractivity contribution < 1.29 is 80.2 Å². The molecule has 19 heteroatoms. The van der Waals surface area contributed by atoms with E-state index in [2.05, 4.69) is 41.5 Å². The number of rotatable bonds is 88. The van der Waals surface area contributed by atoms with Crippen LogP contribution in [0.25, 0.3) is 0 Å². The summed E-state index contributed by atoms with van der Waals surface area (Å²) in [4.78, 5) is 73.1. The number of phosphoric ester groups is 2. The van der Waals surface area contributed by atoms with Crippen LogP contribution in [0.3, 0.4) is 0 Å². The van der Waals surface area contributed by atoms with Crippen molar-refractivity contribution in [3.63, 3.8) is 0 Å². The normalized spacial score (nSPS) is 13.8. The van der Waals surface area contributed by atoms with Crippen LogP contribution < -0.4 is 0 Å². The number of ether oxygens (including phenoxy) is 4. The topological polar surface area (TPSA) is 237 Å². The zero-order valence-electron chi connectivity index (χ0n) is 71.2. The van der Waals surface area contributed by atoms with Crippen LogP contribution >= 0.6 is 15.6 Å². The van der Waals surface area contributed by atoms with E-state index in [1.54, 1.807) is 0 Å². The fraction of sp³-hybridized carbons (Fsp3) is 0.955. The molecule has 0 saturated heterocycles. The summed E-state index contributed by atoms with van der Waals surface area (Å²) < 4.78 is 68.8. The second kappa shape index (κ2) is 80.3. The summed E-state index contributed by atoms with van der Waals surface area (Å²) in [6, 6.07) is 0. The number of hydrogen-bond acceptors (Lipinski definition) is 15. The molecule has 5 atom stereocenters. The first-order chi connectivity index (χ1) is 52.4. The van der Waals surface area contributed by atoms with Gasteiger partial charge in [0.25, 0.3) is 0 Å². The molecule has 0 aromatic rings. The van der Waals surface area contributed by atoms with Gasteiger partial charge in [0.15, 0.2) is 12.2 Å². The Bertz CT molecular complexity index is 2060. The molecule has 0 bridgehead atoms. The number of esters is 4. The fourth-order valence-corrected chi connectivity index (χ4v) is 15.5. The lowest BCUT2D eigenvalue weighted by Crippen LogP contribution is -2.30. The number of phosphoric acid groups is 2. The molecule has 2 unspecified atom stereocenters. The van der Waals surface area contributed by atoms with E-state index in [4.69, 9.17) is 37.0 Å². The molecule has 0 amide bonds. The van der Waals surface area contributed by atoms with E-state index in [0.29, 0.717) is 25.7 Å². The van der Waals surface area contributed by atoms with E-state index in [1.165, 1.54) is 283 Å². The van der Waals surface area contributed by atoms with Gasteiger partial charge in [0.1, 0.15) is 19.3 Å². The molecule has 642 valence electrons. The molecule has 0 aliphatic heterocycles. The van der Waals surface area contributed by atoms with Crippen molar-refractivity contribution in [1.29, 1.82) is 0 Å². The Balaban J connectivity index is 5.15. The van der Waals surface area contributed by atoms with Gasteiger partial charge in [0, 0.05) is 25.7 Å². The van der Waals surface area contributed by atoms with Crippen molar-refractivity contribution in [3.8, 4) is 0 Å². The van der Waals surface area contributed by atoms with Gasteiger partial charge in [-0.3, -0.25) is 37.3 Å². The Morgan fingerprint density at radius 1 is 0.250 bits per heavy atom. The minimum atomic E-state index is -4.97. The highest BCUT2D eigenvalue weighted by Crippen LogP contribution is 2.45. The summed E-state index contributed by atoms with van der Waals surface area (Å²) in [6.45, 7) is 9.70. The first-order valence-electron chi connectivity index (χ1n) is 46.0. The van der Waals surface area contributed by atoms with Crippen LogP contribution in [0, 0.1) is 11.8 Å². The van der Waals surface area contributed by atoms with Gasteiger partial charge in [-0.2, -0.15) is 0 Å². The maximum absolute atomic E-state index is 13.2. The SMILES string of the molecule is CCCCCCCCCCCCCCCCCCCCCCCCC(=O)O[C@H](COC(=O)CCCCCCCCCCCCCCCCCCCCC(C)C)COP(=O)(O)OC[C@@H](O)COP(=O)(O)OC[C@@H](COC(=O)CCCCCCCCC)OC(=O)CCCCCCCCCCCCCCCCCC(C)C. The number of aliphatic hydroxyl groups is 1. The molecule has 0 spiro atoms. The largest absolute Gasteiger partial charge is 0.472 e. The van der Waals surface area contributed by atoms with Crippen LogP contribution in [0.5, 0.6) is 0 Å². The zero-order valence-corrected chi connectivity index (χ0v) is 73.0. The van der Waals surface area contributed by atoms with Crippen molar-refractivity contribution in [2.24, 2.45) is 11.8 Å². The Kier molecular flexibility index (Phi) is 78.8. The lowest BCUT2D eigenvalue weighted by molar-refractivity contribution is -0.161. The molecule has 0 saturated carbocycles. The molecule has 108 heavy (non-hydrogen) atoms. The third-order valence-corrected chi connectivity index (χ3v) is 22.9. The van der Waals surface area contributed by atoms with Crippen molar-refractivity contribution in [2.45, 2.75) is 496 Å². The van der Waals surface area contributed by atoms with E-state index >= 15 is 0 Å². The predicted octanol–water partition coefficient (Wildman–Crippen LogP) is 27.4. The van der Waals surface area contributed by atoms with Crippen LogP contribution in [0.1, 0.15) is 478 Å². The molecule has 3 N–H and O–H groups in total. The highest BCUT2D eigenvalue weighted by atomic mass is 31.2. The second-order valence-electron chi connectivity index (χ2n) is 32.9. The number of carbonyl (C=O) groups is 4. The summed E-state index contributed by atoms with van der Waals surface area (Å²) >= 11 is 0. The zero-order chi connectivity index (χ0) is 79.2. The van der Waals surface area contributed by atoms with E-state index in [-0.39, 0.29) is 25.7 Å². The van der Waals surface area contributed by atoms with Gasteiger partial charge in [-0.1, -0.05) is 427 Å². The van der Waals surface area contributed by atoms with E-state index in [0.717, 1.165) is 115 Å². The van der Waals surface area contributed by atoms with Crippen molar-refractivity contribution in [3.05, 3.63) is 0 Å². The maximum Gasteiger partial charge on any atom is 0.472 e. The molecule has 0 fully saturated rings. The monoisotopic (exact) mass is 1580 g/mol. The summed E-state index contributed by atoms with van der Waals surface area (Å²) in [5.74, 6) is -0.478. The van der Waals surface area contributed by atoms with Crippen molar-refractivity contribution >= 4 is 39.5 Å². The molecule has 0 radical (unpaired) electrons. The van der Waals surface area contributed by atoms with Gasteiger partial charge in [-0.05, 0) is 37.5 Å². The molecule has 0 heterocycles. The number of carbonyl (C=O) groups excluding carboxylic acids is 4. The molecule has 0 aromatic heterocycles. The first kappa shape index (κ1) is 106. The average molecular weight is 1580 g/mol. The standard InChI is InChI=1S/C89H174O17P2/c1-7-9-11-13-15-16-17-18-19-20-21-22-23-24-29-34-39-44-49-55-61-67-74-89(94)106-85(78-100-87(92)72-66-60-54-48-43-38-33-28-26-25-27-31-36-41-46-52-57-63-69-81(3)4)80-104-108(97,98)102-76-83(90)75-101-107(95,96)103-79-84(77-99-86(91)71-65-59-51-14-12-10-8-2)105-88(93)73-68-62-56-50-45-40-35-30-32-37-42-47-53-58-64-70-82(5)6/h81-85,90H,7-80H2,1-6H3,(H,95,96)(H,97,98)/t83-,84+,85+/m0/s1. The third kappa shape index (κ3) is 82.1. The third-order valence-electron chi connectivity index (χ3n) is 21.0. The number of hydrogen-bond donors (Lipinski definition) is 3. The van der Waals surface area contributed by atoms with Crippen molar-refractivity contribution in [1.82, 2.24) is 0 Å². The summed E-state index contributed by atoms with van der Waals surface area (Å²) in [7, 11) is -9.93. The first-order valence-corrected chi connectivity index (χ1v) is 49.0. The minimum absolute atomic E-state index is 0.108. The second-order valence-corrected chi connectivity index (χ2v) is 35.8. The molecule has 17 nitrogen and oxygen atoms in total. The predicted molar refractivity (Wildman–Crippen MR) is 446 cm³/mol. The molecular weight excluding hydrogens is 1400 g/mol. The molecule has 0 rings (SSSR count). The van der Waals surface area contributed by atoms with Crippen molar-refractivity contribution in [2.75, 3.05) is 39.6 Å². The minimum Gasteiger partial charge on any atom is -0.462 e. The average Bonchev–Trinajstić information content (AvgIpc) is 0.899. The molecule has 0 aliphatic rings. The summed E-state index contributed by atoms with van der Waals surface area (Å²) in [5.41, 5.74) is 0. The molecular formula is C89H174O17P2. The van der Waals surface area contributed by atoms with Crippen LogP contribution in [-0.2, 0) is 65.4 Å². The number of aliphatic hydroxyl groups excluding tert-OH is 1. The van der Waals surface area contributed by atoms with E-state index in [1.807, 2.05) is 0 Å². The van der Waals surface area contributed by atoms with E-state index in [9.17, 15) is 43.2 Å². The Labute approximate surface area is 664 Å². The van der Waals surface area contributed by atoms with Gasteiger partial charge in [0.05, 0.1) is 26.4 Å². The highest BCUT2D eigenvalue weighted by molar-refractivity contribution is 7.47. The Morgan fingerprint density at radius 3 is 0.630 bits per heavy atom. The number of unbranched alkanes of at least 4 members (excludes halogenated alkanes) is 58. The van der Waals surface area contributed by atoms with Crippen LogP contribution in [0.2, 0.25) is 0 Å². The fourth-order valence-electron chi connectivity index (χ4n) is 14.0. The van der Waals surface area contributed by atoms with Gasteiger partial charge in [-0.15, -0.1) is 0 Å². The molecule has 0 aliphatic carbocycles. The summed E-state index contributed by atoms with van der Waals surface area (Å²) in [6.07, 6.45) is 74.0. The lowest BCUT2D eigenvalue weighted by atomic mass is 10.0.